The first kappa shape index (κ1) is 39.8. The lowest BCUT2D eigenvalue weighted by atomic mass is 9.89. The summed E-state index contributed by atoms with van der Waals surface area (Å²) >= 11 is 0. The highest BCUT2D eigenvalue weighted by molar-refractivity contribution is 6.12. The van der Waals surface area contributed by atoms with Crippen LogP contribution in [0, 0.1) is 6.92 Å². The molecule has 1 fully saturated rings. The van der Waals surface area contributed by atoms with E-state index in [0.717, 1.165) is 59.7 Å². The summed E-state index contributed by atoms with van der Waals surface area (Å²) in [7, 11) is 1.93. The maximum absolute atomic E-state index is 15.5. The van der Waals surface area contributed by atoms with Crippen LogP contribution in [0.2, 0.25) is 0 Å². The molecular formula is C50H49N5O6. The van der Waals surface area contributed by atoms with Crippen LogP contribution < -0.4 is 9.64 Å². The third kappa shape index (κ3) is 8.14. The number of aromatic hydroxyl groups is 1. The second-order valence-electron chi connectivity index (χ2n) is 16.1. The molecule has 3 aliphatic rings. The van der Waals surface area contributed by atoms with Gasteiger partial charge in [0.1, 0.15) is 11.5 Å². The van der Waals surface area contributed by atoms with Crippen molar-refractivity contribution in [3.8, 4) is 22.8 Å². The molecule has 3 amide bonds. The van der Waals surface area contributed by atoms with Gasteiger partial charge in [0, 0.05) is 86.2 Å². The number of carbonyl (C=O) groups excluding carboxylic acids is 3. The van der Waals surface area contributed by atoms with Gasteiger partial charge in [-0.15, -0.1) is 0 Å². The minimum atomic E-state index is -0.440. The van der Waals surface area contributed by atoms with Crippen molar-refractivity contribution in [1.29, 1.82) is 0 Å². The molecule has 1 atom stereocenters. The van der Waals surface area contributed by atoms with Crippen LogP contribution in [-0.4, -0.2) is 87.7 Å². The van der Waals surface area contributed by atoms with E-state index in [0.29, 0.717) is 61.0 Å². The van der Waals surface area contributed by atoms with Gasteiger partial charge in [-0.25, -0.2) is 4.79 Å². The summed E-state index contributed by atoms with van der Waals surface area (Å²) in [5.41, 5.74) is 8.78. The molecule has 5 aromatic carbocycles. The minimum Gasteiger partial charge on any atom is -0.508 e. The number of nitrogens with zero attached hydrogens (tertiary/aromatic N) is 5. The van der Waals surface area contributed by atoms with Gasteiger partial charge >= 0.3 is 6.09 Å². The zero-order valence-corrected chi connectivity index (χ0v) is 34.5. The first-order chi connectivity index (χ1) is 29.7. The largest absolute Gasteiger partial charge is 0.508 e. The van der Waals surface area contributed by atoms with Crippen molar-refractivity contribution in [3.05, 3.63) is 166 Å². The van der Waals surface area contributed by atoms with Crippen molar-refractivity contribution < 1.29 is 29.0 Å². The average molecular weight is 816 g/mol. The quantitative estimate of drug-likeness (QED) is 0.165. The molecule has 0 aliphatic carbocycles. The Labute approximate surface area is 356 Å². The summed E-state index contributed by atoms with van der Waals surface area (Å²) in [6, 6.07) is 39.3. The zero-order valence-electron chi connectivity index (χ0n) is 34.5. The van der Waals surface area contributed by atoms with E-state index in [1.165, 1.54) is 5.56 Å². The fraction of sp³-hybridized carbons (Fsp3) is 0.260. The van der Waals surface area contributed by atoms with Gasteiger partial charge in [0.2, 0.25) is 0 Å². The summed E-state index contributed by atoms with van der Waals surface area (Å²) in [5, 5.41) is 10.1. The first-order valence-electron chi connectivity index (χ1n) is 20.9. The molecule has 11 nitrogen and oxygen atoms in total. The molecule has 61 heavy (non-hydrogen) atoms. The van der Waals surface area contributed by atoms with Crippen LogP contribution in [0.3, 0.4) is 0 Å². The lowest BCUT2D eigenvalue weighted by molar-refractivity contribution is 0.0193. The maximum Gasteiger partial charge on any atom is 0.415 e. The Morgan fingerprint density at radius 3 is 2.15 bits per heavy atom. The van der Waals surface area contributed by atoms with Crippen LogP contribution >= 0.6 is 0 Å². The molecule has 0 spiro atoms. The lowest BCUT2D eigenvalue weighted by Gasteiger charge is -2.41. The summed E-state index contributed by atoms with van der Waals surface area (Å²) in [6.45, 7) is 6.79. The molecule has 6 aromatic rings. The van der Waals surface area contributed by atoms with Gasteiger partial charge in [-0.05, 0) is 109 Å². The van der Waals surface area contributed by atoms with Crippen LogP contribution in [-0.2, 0) is 37.7 Å². The predicted octanol–water partition coefficient (Wildman–Crippen LogP) is 8.14. The molecule has 0 bridgehead atoms. The van der Waals surface area contributed by atoms with Crippen molar-refractivity contribution >= 4 is 29.3 Å². The van der Waals surface area contributed by atoms with Crippen LogP contribution in [0.25, 0.3) is 11.3 Å². The van der Waals surface area contributed by atoms with Gasteiger partial charge < -0.3 is 28.9 Å². The summed E-state index contributed by atoms with van der Waals surface area (Å²) in [5.74, 6) is 0.235. The topological polar surface area (TPSA) is 108 Å². The van der Waals surface area contributed by atoms with Crippen molar-refractivity contribution in [1.82, 2.24) is 19.3 Å². The van der Waals surface area contributed by atoms with Gasteiger partial charge in [0.05, 0.1) is 18.8 Å². The van der Waals surface area contributed by atoms with E-state index in [1.807, 2.05) is 90.2 Å². The number of benzene rings is 5. The number of hydrogen-bond donors (Lipinski definition) is 1. The molecule has 310 valence electrons. The Kier molecular flexibility index (Phi) is 11.2. The fourth-order valence-corrected chi connectivity index (χ4v) is 8.89. The van der Waals surface area contributed by atoms with Crippen molar-refractivity contribution in [3.63, 3.8) is 0 Å². The highest BCUT2D eigenvalue weighted by atomic mass is 16.6. The van der Waals surface area contributed by atoms with Crippen LogP contribution in [0.15, 0.2) is 127 Å². The molecular weight excluding hydrogens is 767 g/mol. The van der Waals surface area contributed by atoms with Crippen LogP contribution in [0.1, 0.15) is 48.7 Å². The molecule has 0 unspecified atom stereocenters. The Hall–Kier alpha value is -6.69. The fourth-order valence-electron chi connectivity index (χ4n) is 8.89. The monoisotopic (exact) mass is 815 g/mol. The molecule has 1 aromatic heterocycles. The Balaban J connectivity index is 1.13. The van der Waals surface area contributed by atoms with E-state index in [9.17, 15) is 14.7 Å². The number of para-hydroxylation sites is 2. The molecule has 1 saturated heterocycles. The highest BCUT2D eigenvalue weighted by Gasteiger charge is 2.35. The number of phenols is 1. The van der Waals surface area contributed by atoms with E-state index in [4.69, 9.17) is 9.47 Å². The maximum atomic E-state index is 15.5. The van der Waals surface area contributed by atoms with Crippen molar-refractivity contribution in [2.45, 2.75) is 38.9 Å². The van der Waals surface area contributed by atoms with Gasteiger partial charge in [-0.3, -0.25) is 19.4 Å². The molecule has 0 saturated carbocycles. The molecule has 1 N–H and O–H groups in total. The van der Waals surface area contributed by atoms with E-state index in [-0.39, 0.29) is 30.2 Å². The molecule has 0 radical (unpaired) electrons. The SMILES string of the molecule is Cc1c(C(=O)N(c2ccccc2)c2ccc(O)cc2)cc(-c2cc3c(cc2C(=O)N2Cc4ccccc4C[C@H]2CN2CCOCC2)CN(C(=O)Oc2ccccc2)CC3)n1C. The van der Waals surface area contributed by atoms with Gasteiger partial charge in [-0.2, -0.15) is 0 Å². The van der Waals surface area contributed by atoms with Gasteiger partial charge in [-0.1, -0.05) is 60.7 Å². The first-order valence-corrected chi connectivity index (χ1v) is 20.9. The summed E-state index contributed by atoms with van der Waals surface area (Å²) < 4.78 is 13.4. The van der Waals surface area contributed by atoms with E-state index in [2.05, 4.69) is 29.2 Å². The normalized spacial score (nSPS) is 16.4. The number of aromatic nitrogens is 1. The number of anilines is 2. The van der Waals surface area contributed by atoms with Gasteiger partial charge in [0.25, 0.3) is 11.8 Å². The van der Waals surface area contributed by atoms with Gasteiger partial charge in [0.15, 0.2) is 0 Å². The van der Waals surface area contributed by atoms with Crippen molar-refractivity contribution in [2.75, 3.05) is 44.3 Å². The third-order valence-electron chi connectivity index (χ3n) is 12.3. The molecule has 3 aliphatic heterocycles. The second-order valence-corrected chi connectivity index (χ2v) is 16.1. The Morgan fingerprint density at radius 1 is 0.738 bits per heavy atom. The van der Waals surface area contributed by atoms with E-state index in [1.54, 1.807) is 46.2 Å². The molecule has 4 heterocycles. The smallest absolute Gasteiger partial charge is 0.415 e. The number of hydrogen-bond acceptors (Lipinski definition) is 7. The number of rotatable bonds is 8. The Morgan fingerprint density at radius 2 is 1.41 bits per heavy atom. The number of fused-ring (bicyclic) bond motifs is 2. The summed E-state index contributed by atoms with van der Waals surface area (Å²) in [4.78, 5) is 51.6. The number of phenolic OH excluding ortho intramolecular Hbond substituents is 1. The third-order valence-corrected chi connectivity index (χ3v) is 12.3. The predicted molar refractivity (Wildman–Crippen MR) is 234 cm³/mol. The second kappa shape index (κ2) is 17.1. The van der Waals surface area contributed by atoms with E-state index < -0.39 is 6.09 Å². The minimum absolute atomic E-state index is 0.0845. The summed E-state index contributed by atoms with van der Waals surface area (Å²) in [6.07, 6.45) is 0.854. The number of amides is 3. The molecule has 11 heteroatoms. The zero-order chi connectivity index (χ0) is 42.0. The van der Waals surface area contributed by atoms with E-state index >= 15 is 4.79 Å². The van der Waals surface area contributed by atoms with Crippen molar-refractivity contribution in [2.24, 2.45) is 7.05 Å². The highest BCUT2D eigenvalue weighted by Crippen LogP contribution is 2.37. The number of ether oxygens (including phenoxy) is 2. The Bertz CT molecular complexity index is 2570. The lowest BCUT2D eigenvalue weighted by Crippen LogP contribution is -2.52. The number of morpholine rings is 1. The standard InChI is InChI=1S/C50H49N5O6/c1-34-44(49(58)55(39-13-5-3-6-14-39)40-17-19-42(56)20-18-40)30-47(51(34)2)45-28-36-21-22-53(50(59)61-43-15-7-4-8-16-43)31-38(36)29-46(45)48(57)54-32-37-12-10-9-11-35(37)27-41(54)33-52-23-25-60-26-24-52/h3-20,28-30,41,56H,21-27,31-33H2,1-2H3/t41-/m0/s1. The van der Waals surface area contributed by atoms with Crippen LogP contribution in [0.5, 0.6) is 11.5 Å². The molecule has 9 rings (SSSR count). The average Bonchev–Trinajstić information content (AvgIpc) is 3.59. The van der Waals surface area contributed by atoms with Crippen LogP contribution in [0.4, 0.5) is 16.2 Å². The number of carbonyl (C=O) groups is 3.